The summed E-state index contributed by atoms with van der Waals surface area (Å²) >= 11 is 0. The first-order valence-corrected chi connectivity index (χ1v) is 14.9. The van der Waals surface area contributed by atoms with Crippen molar-refractivity contribution < 1.29 is 41.0 Å². The number of nitrogens with one attached hydrogen (secondary N) is 1. The summed E-state index contributed by atoms with van der Waals surface area (Å²) in [6, 6.07) is 8.61. The molecule has 3 aliphatic rings. The van der Waals surface area contributed by atoms with Gasteiger partial charge in [-0.1, -0.05) is 6.07 Å². The zero-order valence-electron chi connectivity index (χ0n) is 22.5. The minimum atomic E-state index is -4.79. The van der Waals surface area contributed by atoms with Crippen molar-refractivity contribution in [1.82, 2.24) is 10.3 Å². The minimum Gasteiger partial charge on any atom is -0.465 e. The van der Waals surface area contributed by atoms with Crippen molar-refractivity contribution in [2.75, 3.05) is 13.2 Å². The number of nitrogens with zero attached hydrogens (tertiary/aromatic N) is 2. The lowest BCUT2D eigenvalue weighted by Crippen LogP contribution is -2.33. The first-order valence-electron chi connectivity index (χ1n) is 13.4. The Bertz CT molecular complexity index is 1400. The SMILES string of the molecule is Cc1cc(-c2ccc(S(=O)(=O)[C@@H]3CC[C@@H](OC4CCOCC4)C3)c(C(F)(F)F)c2)ccn1.N#CC1(NC(=O)O)CC1. The molecule has 5 rings (SSSR count). The topological polar surface area (TPSA) is 139 Å². The molecule has 0 radical (unpaired) electrons. The lowest BCUT2D eigenvalue weighted by molar-refractivity contribution is -0.139. The van der Waals surface area contributed by atoms with E-state index < -0.39 is 43.4 Å². The van der Waals surface area contributed by atoms with Gasteiger partial charge in [0.15, 0.2) is 9.84 Å². The molecule has 1 aromatic carbocycles. The first-order chi connectivity index (χ1) is 19.3. The second-order valence-corrected chi connectivity index (χ2v) is 12.8. The van der Waals surface area contributed by atoms with Gasteiger partial charge in [0.25, 0.3) is 0 Å². The summed E-state index contributed by atoms with van der Waals surface area (Å²) in [5.41, 5.74) is -0.342. The normalized spacial score (nSPS) is 22.2. The van der Waals surface area contributed by atoms with E-state index in [9.17, 15) is 26.4 Å². The molecule has 1 amide bonds. The van der Waals surface area contributed by atoms with Crippen molar-refractivity contribution in [1.29, 1.82) is 5.26 Å². The van der Waals surface area contributed by atoms with Crippen LogP contribution in [0.25, 0.3) is 11.1 Å². The number of rotatable bonds is 6. The van der Waals surface area contributed by atoms with Crippen LogP contribution in [-0.4, -0.2) is 60.8 Å². The molecule has 2 saturated carbocycles. The molecular formula is C28H32F3N3O6S. The molecule has 1 aliphatic heterocycles. The number of alkyl halides is 3. The highest BCUT2D eigenvalue weighted by Crippen LogP contribution is 2.41. The summed E-state index contributed by atoms with van der Waals surface area (Å²) in [5.74, 6) is 0. The largest absolute Gasteiger partial charge is 0.465 e. The van der Waals surface area contributed by atoms with Gasteiger partial charge >= 0.3 is 12.3 Å². The minimum absolute atomic E-state index is 0.0176. The van der Waals surface area contributed by atoms with Gasteiger partial charge in [-0.3, -0.25) is 4.98 Å². The molecule has 2 heterocycles. The van der Waals surface area contributed by atoms with E-state index in [4.69, 9.17) is 19.8 Å². The average Bonchev–Trinajstić information content (AvgIpc) is 3.53. The van der Waals surface area contributed by atoms with E-state index in [-0.39, 0.29) is 18.6 Å². The predicted molar refractivity (Wildman–Crippen MR) is 142 cm³/mol. The zero-order valence-corrected chi connectivity index (χ0v) is 23.3. The number of amides is 1. The van der Waals surface area contributed by atoms with E-state index in [2.05, 4.69) is 10.3 Å². The summed E-state index contributed by atoms with van der Waals surface area (Å²) < 4.78 is 79.6. The van der Waals surface area contributed by atoms with Crippen LogP contribution in [0.5, 0.6) is 0 Å². The van der Waals surface area contributed by atoms with Crippen LogP contribution in [0.2, 0.25) is 0 Å². The first kappa shape index (κ1) is 30.7. The summed E-state index contributed by atoms with van der Waals surface area (Å²) in [5, 5.41) is 17.7. The molecule has 1 saturated heterocycles. The van der Waals surface area contributed by atoms with E-state index in [1.165, 1.54) is 12.3 Å². The molecule has 2 atom stereocenters. The van der Waals surface area contributed by atoms with E-state index >= 15 is 0 Å². The number of halogens is 3. The maximum absolute atomic E-state index is 13.9. The maximum atomic E-state index is 13.9. The number of aromatic nitrogens is 1. The van der Waals surface area contributed by atoms with Crippen LogP contribution >= 0.6 is 0 Å². The van der Waals surface area contributed by atoms with E-state index in [1.807, 2.05) is 6.07 Å². The number of benzene rings is 1. The highest BCUT2D eigenvalue weighted by atomic mass is 32.2. The Hall–Kier alpha value is -3.21. The third kappa shape index (κ3) is 7.75. The number of carboxylic acid groups (broad SMARTS) is 1. The third-order valence-electron chi connectivity index (χ3n) is 7.46. The van der Waals surface area contributed by atoms with E-state index in [0.717, 1.165) is 25.0 Å². The van der Waals surface area contributed by atoms with Gasteiger partial charge in [-0.25, -0.2) is 13.2 Å². The Labute approximate surface area is 236 Å². The number of carbonyl (C=O) groups is 1. The van der Waals surface area contributed by atoms with Crippen LogP contribution < -0.4 is 5.32 Å². The molecule has 0 spiro atoms. The van der Waals surface area contributed by atoms with Crippen molar-refractivity contribution in [3.8, 4) is 17.2 Å². The van der Waals surface area contributed by atoms with Gasteiger partial charge in [-0.2, -0.15) is 18.4 Å². The standard InChI is InChI=1S/C23H26F3NO4S.C5H6N2O2/c1-15-12-17(6-9-27-15)16-2-5-22(21(13-16)23(24,25)26)32(28,29)20-4-3-19(14-20)31-18-7-10-30-11-8-18;6-3-5(1-2-5)7-4(8)9/h2,5-6,9,12-13,18-20H,3-4,7-8,10-11,14H2,1H3;7H,1-2H2,(H,8,9)/t19-,20-;/m1./s1. The van der Waals surface area contributed by atoms with E-state index in [0.29, 0.717) is 55.7 Å². The fourth-order valence-electron chi connectivity index (χ4n) is 5.07. The summed E-state index contributed by atoms with van der Waals surface area (Å²) in [7, 11) is -4.17. The predicted octanol–water partition coefficient (Wildman–Crippen LogP) is 5.28. The van der Waals surface area contributed by atoms with Gasteiger partial charge in [0.1, 0.15) is 5.54 Å². The molecule has 2 N–H and O–H groups in total. The molecule has 0 bridgehead atoms. The lowest BCUT2D eigenvalue weighted by atomic mass is 10.0. The Morgan fingerprint density at radius 3 is 2.37 bits per heavy atom. The quantitative estimate of drug-likeness (QED) is 0.460. The maximum Gasteiger partial charge on any atom is 0.417 e. The smallest absolute Gasteiger partial charge is 0.417 e. The monoisotopic (exact) mass is 595 g/mol. The number of ether oxygens (including phenoxy) is 2. The van der Waals surface area contributed by atoms with Crippen molar-refractivity contribution >= 4 is 15.9 Å². The van der Waals surface area contributed by atoms with Crippen LogP contribution in [0.4, 0.5) is 18.0 Å². The van der Waals surface area contributed by atoms with Gasteiger partial charge in [0, 0.05) is 25.1 Å². The van der Waals surface area contributed by atoms with Crippen molar-refractivity contribution in [3.05, 3.63) is 47.8 Å². The van der Waals surface area contributed by atoms with Crippen LogP contribution in [0.15, 0.2) is 41.4 Å². The molecule has 3 fully saturated rings. The Morgan fingerprint density at radius 1 is 1.12 bits per heavy atom. The van der Waals surface area contributed by atoms with Gasteiger partial charge in [0.05, 0.1) is 34.0 Å². The van der Waals surface area contributed by atoms with Crippen molar-refractivity contribution in [2.24, 2.45) is 0 Å². The highest BCUT2D eigenvalue weighted by Gasteiger charge is 2.45. The molecule has 2 aliphatic carbocycles. The zero-order chi connectivity index (χ0) is 29.8. The molecule has 2 aromatic rings. The number of hydrogen-bond donors (Lipinski definition) is 2. The fourth-order valence-corrected chi connectivity index (χ4v) is 7.08. The van der Waals surface area contributed by atoms with Crippen molar-refractivity contribution in [2.45, 2.75) is 85.9 Å². The number of aryl methyl sites for hydroxylation is 1. The van der Waals surface area contributed by atoms with Crippen LogP contribution in [0, 0.1) is 18.3 Å². The third-order valence-corrected chi connectivity index (χ3v) is 9.74. The highest BCUT2D eigenvalue weighted by molar-refractivity contribution is 7.92. The summed E-state index contributed by atoms with van der Waals surface area (Å²) in [4.78, 5) is 13.4. The molecule has 0 unspecified atom stereocenters. The Balaban J connectivity index is 0.000000367. The van der Waals surface area contributed by atoms with Gasteiger partial charge in [-0.15, -0.1) is 0 Å². The van der Waals surface area contributed by atoms with E-state index in [1.54, 1.807) is 19.1 Å². The Morgan fingerprint density at radius 2 is 1.80 bits per heavy atom. The number of nitriles is 1. The number of hydrogen-bond acceptors (Lipinski definition) is 7. The van der Waals surface area contributed by atoms with Crippen molar-refractivity contribution in [3.63, 3.8) is 0 Å². The molecule has 222 valence electrons. The second kappa shape index (κ2) is 12.3. The molecule has 41 heavy (non-hydrogen) atoms. The lowest BCUT2D eigenvalue weighted by Gasteiger charge is -2.26. The van der Waals surface area contributed by atoms with Gasteiger partial charge < -0.3 is 19.9 Å². The van der Waals surface area contributed by atoms with Crippen LogP contribution in [-0.2, 0) is 25.5 Å². The second-order valence-electron chi connectivity index (χ2n) is 10.6. The average molecular weight is 596 g/mol. The molecule has 9 nitrogen and oxygen atoms in total. The van der Waals surface area contributed by atoms with Gasteiger partial charge in [-0.05, 0) is 87.3 Å². The summed E-state index contributed by atoms with van der Waals surface area (Å²) in [6.45, 7) is 2.96. The van der Waals surface area contributed by atoms with Gasteiger partial charge in [0.2, 0.25) is 0 Å². The van der Waals surface area contributed by atoms with Crippen LogP contribution in [0.3, 0.4) is 0 Å². The number of sulfone groups is 1. The number of pyridine rings is 1. The molecular weight excluding hydrogens is 563 g/mol. The van der Waals surface area contributed by atoms with Crippen LogP contribution in [0.1, 0.15) is 56.2 Å². The summed E-state index contributed by atoms with van der Waals surface area (Å²) in [6.07, 6.45) is -0.811. The molecule has 1 aromatic heterocycles. The fraction of sp³-hybridized carbons (Fsp3) is 0.536. The molecule has 13 heteroatoms. The Kier molecular flexibility index (Phi) is 9.25.